The van der Waals surface area contributed by atoms with E-state index in [-0.39, 0.29) is 12.1 Å². The van der Waals surface area contributed by atoms with E-state index in [1.165, 1.54) is 5.56 Å². The van der Waals surface area contributed by atoms with Crippen LogP contribution in [0.4, 0.5) is 4.79 Å². The molecule has 1 fully saturated rings. The maximum Gasteiger partial charge on any atom is 0.317 e. The zero-order chi connectivity index (χ0) is 20.1. The van der Waals surface area contributed by atoms with Gasteiger partial charge in [0.05, 0.1) is 12.1 Å². The molecule has 2 heterocycles. The summed E-state index contributed by atoms with van der Waals surface area (Å²) in [5.41, 5.74) is 1.97. The average molecular weight is 392 g/mol. The second kappa shape index (κ2) is 8.77. The predicted molar refractivity (Wildman–Crippen MR) is 109 cm³/mol. The molecular formula is C22H24N4O3. The molecule has 0 saturated carbocycles. The van der Waals surface area contributed by atoms with E-state index >= 15 is 0 Å². The van der Waals surface area contributed by atoms with E-state index in [4.69, 9.17) is 9.26 Å². The molecule has 1 N–H and O–H groups in total. The van der Waals surface area contributed by atoms with Crippen LogP contribution in [0.1, 0.15) is 17.8 Å². The molecule has 2 amide bonds. The Morgan fingerprint density at radius 3 is 2.79 bits per heavy atom. The van der Waals surface area contributed by atoms with Crippen molar-refractivity contribution in [3.63, 3.8) is 0 Å². The van der Waals surface area contributed by atoms with Crippen LogP contribution in [0.5, 0.6) is 5.75 Å². The van der Waals surface area contributed by atoms with Crippen LogP contribution in [-0.2, 0) is 6.42 Å². The number of rotatable bonds is 6. The number of nitrogens with zero attached hydrogens (tertiary/aromatic N) is 3. The van der Waals surface area contributed by atoms with Crippen molar-refractivity contribution in [2.24, 2.45) is 0 Å². The summed E-state index contributed by atoms with van der Waals surface area (Å²) in [6.07, 6.45) is 1.53. The van der Waals surface area contributed by atoms with Gasteiger partial charge in [0.1, 0.15) is 11.9 Å². The number of carbonyl (C=O) groups excluding carboxylic acids is 1. The molecule has 150 valence electrons. The van der Waals surface area contributed by atoms with E-state index < -0.39 is 0 Å². The van der Waals surface area contributed by atoms with Crippen LogP contribution in [0, 0.1) is 6.92 Å². The monoisotopic (exact) mass is 392 g/mol. The highest BCUT2D eigenvalue weighted by molar-refractivity contribution is 5.74. The standard InChI is InChI=1S/C22H24N4O3/c1-16-24-21(29-25-16)19-9-5-6-10-20(19)28-18-12-14-26(15-18)22(27)23-13-11-17-7-3-2-4-8-17/h2-10,18H,11-15H2,1H3,(H,23,27). The number of aryl methyl sites for hydroxylation is 1. The first-order valence-corrected chi connectivity index (χ1v) is 9.82. The van der Waals surface area contributed by atoms with E-state index in [1.807, 2.05) is 42.5 Å². The van der Waals surface area contributed by atoms with E-state index in [1.54, 1.807) is 11.8 Å². The molecule has 0 spiro atoms. The molecule has 1 aromatic heterocycles. The Hall–Kier alpha value is -3.35. The minimum Gasteiger partial charge on any atom is -0.488 e. The molecule has 4 rings (SSSR count). The zero-order valence-electron chi connectivity index (χ0n) is 16.4. The Balaban J connectivity index is 1.31. The third-order valence-electron chi connectivity index (χ3n) is 4.90. The molecule has 2 aromatic carbocycles. The fourth-order valence-electron chi connectivity index (χ4n) is 3.41. The molecule has 7 heteroatoms. The summed E-state index contributed by atoms with van der Waals surface area (Å²) in [7, 11) is 0. The minimum absolute atomic E-state index is 0.0483. The Morgan fingerprint density at radius 2 is 2.00 bits per heavy atom. The summed E-state index contributed by atoms with van der Waals surface area (Å²) >= 11 is 0. The second-order valence-electron chi connectivity index (χ2n) is 7.08. The van der Waals surface area contributed by atoms with Gasteiger partial charge < -0.3 is 19.5 Å². The van der Waals surface area contributed by atoms with Crippen molar-refractivity contribution in [2.75, 3.05) is 19.6 Å². The number of amides is 2. The molecule has 1 atom stereocenters. The highest BCUT2D eigenvalue weighted by Gasteiger charge is 2.28. The lowest BCUT2D eigenvalue weighted by Crippen LogP contribution is -2.40. The van der Waals surface area contributed by atoms with Crippen molar-refractivity contribution in [3.8, 4) is 17.2 Å². The summed E-state index contributed by atoms with van der Waals surface area (Å²) in [5, 5.41) is 6.84. The highest BCUT2D eigenvalue weighted by Crippen LogP contribution is 2.30. The molecule has 1 saturated heterocycles. The van der Waals surface area contributed by atoms with E-state index in [0.717, 1.165) is 18.4 Å². The van der Waals surface area contributed by atoms with Gasteiger partial charge in [0.25, 0.3) is 5.89 Å². The van der Waals surface area contributed by atoms with Crippen molar-refractivity contribution in [1.82, 2.24) is 20.4 Å². The summed E-state index contributed by atoms with van der Waals surface area (Å²) < 4.78 is 11.5. The number of carbonyl (C=O) groups is 1. The largest absolute Gasteiger partial charge is 0.488 e. The third kappa shape index (κ3) is 4.74. The van der Waals surface area contributed by atoms with Gasteiger partial charge in [-0.1, -0.05) is 47.6 Å². The number of nitrogens with one attached hydrogen (secondary N) is 1. The first kappa shape index (κ1) is 19.0. The van der Waals surface area contributed by atoms with E-state index in [2.05, 4.69) is 27.6 Å². The maximum absolute atomic E-state index is 12.5. The van der Waals surface area contributed by atoms with Crippen LogP contribution >= 0.6 is 0 Å². The van der Waals surface area contributed by atoms with Crippen molar-refractivity contribution in [1.29, 1.82) is 0 Å². The lowest BCUT2D eigenvalue weighted by atomic mass is 10.1. The molecular weight excluding hydrogens is 368 g/mol. The quantitative estimate of drug-likeness (QED) is 0.695. The predicted octanol–water partition coefficient (Wildman–Crippen LogP) is 3.45. The van der Waals surface area contributed by atoms with Crippen molar-refractivity contribution in [3.05, 3.63) is 66.0 Å². The van der Waals surface area contributed by atoms with Gasteiger partial charge in [0, 0.05) is 19.5 Å². The minimum atomic E-state index is -0.0694. The fraction of sp³-hybridized carbons (Fsp3) is 0.318. The summed E-state index contributed by atoms with van der Waals surface area (Å²) in [4.78, 5) is 18.5. The number of urea groups is 1. The number of benzene rings is 2. The number of para-hydroxylation sites is 1. The molecule has 1 aliphatic rings. The van der Waals surface area contributed by atoms with Gasteiger partial charge in [0.2, 0.25) is 0 Å². The van der Waals surface area contributed by atoms with Gasteiger partial charge in [-0.2, -0.15) is 4.98 Å². The molecule has 0 bridgehead atoms. The maximum atomic E-state index is 12.5. The molecule has 29 heavy (non-hydrogen) atoms. The third-order valence-corrected chi connectivity index (χ3v) is 4.90. The molecule has 7 nitrogen and oxygen atoms in total. The lowest BCUT2D eigenvalue weighted by molar-refractivity contribution is 0.187. The van der Waals surface area contributed by atoms with Gasteiger partial charge in [-0.05, 0) is 31.0 Å². The molecule has 0 aliphatic carbocycles. The zero-order valence-corrected chi connectivity index (χ0v) is 16.4. The fourth-order valence-corrected chi connectivity index (χ4v) is 3.41. The number of likely N-dealkylation sites (tertiary alicyclic amines) is 1. The van der Waals surface area contributed by atoms with Gasteiger partial charge in [-0.3, -0.25) is 0 Å². The Labute approximate surface area is 169 Å². The lowest BCUT2D eigenvalue weighted by Gasteiger charge is -2.18. The van der Waals surface area contributed by atoms with E-state index in [0.29, 0.717) is 37.1 Å². The van der Waals surface area contributed by atoms with Crippen molar-refractivity contribution >= 4 is 6.03 Å². The van der Waals surface area contributed by atoms with Gasteiger partial charge >= 0.3 is 6.03 Å². The first-order chi connectivity index (χ1) is 14.2. The number of hydrogen-bond donors (Lipinski definition) is 1. The SMILES string of the molecule is Cc1noc(-c2ccccc2OC2CCN(C(=O)NCCc3ccccc3)C2)n1. The number of aromatic nitrogens is 2. The molecule has 0 radical (unpaired) electrons. The van der Waals surface area contributed by atoms with Gasteiger partial charge in [-0.25, -0.2) is 4.79 Å². The van der Waals surface area contributed by atoms with Crippen LogP contribution in [0.3, 0.4) is 0 Å². The number of hydrogen-bond acceptors (Lipinski definition) is 5. The molecule has 3 aromatic rings. The summed E-state index contributed by atoms with van der Waals surface area (Å²) in [6.45, 7) is 3.62. The van der Waals surface area contributed by atoms with Crippen molar-refractivity contribution in [2.45, 2.75) is 25.9 Å². The average Bonchev–Trinajstić information content (AvgIpc) is 3.38. The molecule has 1 aliphatic heterocycles. The highest BCUT2D eigenvalue weighted by atomic mass is 16.5. The van der Waals surface area contributed by atoms with Gasteiger partial charge in [-0.15, -0.1) is 0 Å². The Kier molecular flexibility index (Phi) is 5.74. The van der Waals surface area contributed by atoms with Crippen LogP contribution in [0.2, 0.25) is 0 Å². The summed E-state index contributed by atoms with van der Waals surface area (Å²) in [5.74, 6) is 1.70. The van der Waals surface area contributed by atoms with Crippen LogP contribution in [-0.4, -0.2) is 46.8 Å². The van der Waals surface area contributed by atoms with Crippen molar-refractivity contribution < 1.29 is 14.1 Å². The Morgan fingerprint density at radius 1 is 1.21 bits per heavy atom. The molecule has 1 unspecified atom stereocenters. The summed E-state index contributed by atoms with van der Waals surface area (Å²) in [6, 6.07) is 17.7. The smallest absolute Gasteiger partial charge is 0.317 e. The second-order valence-corrected chi connectivity index (χ2v) is 7.08. The first-order valence-electron chi connectivity index (χ1n) is 9.82. The van der Waals surface area contributed by atoms with Crippen LogP contribution < -0.4 is 10.1 Å². The normalized spacial score (nSPS) is 16.0. The topological polar surface area (TPSA) is 80.5 Å². The van der Waals surface area contributed by atoms with Crippen LogP contribution in [0.15, 0.2) is 59.1 Å². The number of ether oxygens (including phenoxy) is 1. The van der Waals surface area contributed by atoms with E-state index in [9.17, 15) is 4.79 Å². The van der Waals surface area contributed by atoms with Crippen LogP contribution in [0.25, 0.3) is 11.5 Å². The van der Waals surface area contributed by atoms with Gasteiger partial charge in [0.15, 0.2) is 5.82 Å². The Bertz CT molecular complexity index is 957.